The molecule has 1 atom stereocenters. The molecule has 4 nitrogen and oxygen atoms in total. The third-order valence-electron chi connectivity index (χ3n) is 2.72. The fraction of sp³-hybridized carbons (Fsp3) is 0.333. The monoisotopic (exact) mass is 249 g/mol. The number of nitriles is 1. The van der Waals surface area contributed by atoms with Crippen molar-refractivity contribution in [2.24, 2.45) is 0 Å². The molecule has 1 amide bonds. The van der Waals surface area contributed by atoms with Gasteiger partial charge < -0.3 is 10.6 Å². The highest BCUT2D eigenvalue weighted by Crippen LogP contribution is 2.22. The maximum absolute atomic E-state index is 11.6. The quantitative estimate of drug-likeness (QED) is 0.841. The second-order valence-electron chi connectivity index (χ2n) is 3.93. The van der Waals surface area contributed by atoms with Gasteiger partial charge in [0.1, 0.15) is 12.1 Å². The number of rotatable bonds is 2. The van der Waals surface area contributed by atoms with Crippen LogP contribution < -0.4 is 10.6 Å². The molecular weight excluding hydrogens is 238 g/mol. The normalized spacial score (nSPS) is 19.3. The van der Waals surface area contributed by atoms with Crippen LogP contribution in [-0.4, -0.2) is 18.5 Å². The Bertz CT molecular complexity index is 481. The van der Waals surface area contributed by atoms with E-state index in [1.165, 1.54) is 0 Å². The van der Waals surface area contributed by atoms with Gasteiger partial charge in [-0.3, -0.25) is 4.79 Å². The largest absolute Gasteiger partial charge is 0.373 e. The molecule has 1 aliphatic rings. The molecule has 1 unspecified atom stereocenters. The van der Waals surface area contributed by atoms with Crippen molar-refractivity contribution in [3.63, 3.8) is 0 Å². The Labute approximate surface area is 105 Å². The van der Waals surface area contributed by atoms with Gasteiger partial charge in [-0.15, -0.1) is 0 Å². The lowest BCUT2D eigenvalue weighted by molar-refractivity contribution is -0.123. The summed E-state index contributed by atoms with van der Waals surface area (Å²) in [5.74, 6) is -0.0277. The van der Waals surface area contributed by atoms with Crippen molar-refractivity contribution in [2.75, 3.05) is 11.9 Å². The summed E-state index contributed by atoms with van der Waals surface area (Å²) in [7, 11) is 0. The van der Waals surface area contributed by atoms with Gasteiger partial charge in [0.25, 0.3) is 0 Å². The molecule has 1 fully saturated rings. The third kappa shape index (κ3) is 2.69. The molecule has 1 aliphatic heterocycles. The average molecular weight is 250 g/mol. The second kappa shape index (κ2) is 5.07. The van der Waals surface area contributed by atoms with E-state index in [2.05, 4.69) is 16.7 Å². The molecule has 0 radical (unpaired) electrons. The van der Waals surface area contributed by atoms with E-state index in [1.807, 2.05) is 0 Å². The maximum Gasteiger partial charge on any atom is 0.242 e. The summed E-state index contributed by atoms with van der Waals surface area (Å²) in [5, 5.41) is 15.4. The van der Waals surface area contributed by atoms with Crippen molar-refractivity contribution in [3.8, 4) is 6.07 Å². The second-order valence-corrected chi connectivity index (χ2v) is 4.37. The first-order valence-corrected chi connectivity index (χ1v) is 5.82. The van der Waals surface area contributed by atoms with E-state index >= 15 is 0 Å². The van der Waals surface area contributed by atoms with Gasteiger partial charge in [0.05, 0.1) is 11.3 Å². The maximum atomic E-state index is 11.6. The molecule has 2 N–H and O–H groups in total. The number of amides is 1. The number of carbonyl (C=O) groups is 1. The van der Waals surface area contributed by atoms with Crippen LogP contribution in [0.2, 0.25) is 5.02 Å². The molecule has 1 saturated heterocycles. The zero-order valence-electron chi connectivity index (χ0n) is 9.16. The van der Waals surface area contributed by atoms with Crippen molar-refractivity contribution >= 4 is 23.2 Å². The smallest absolute Gasteiger partial charge is 0.242 e. The summed E-state index contributed by atoms with van der Waals surface area (Å²) in [4.78, 5) is 11.6. The number of nitrogens with one attached hydrogen (secondary N) is 2. The van der Waals surface area contributed by atoms with E-state index in [1.54, 1.807) is 18.2 Å². The van der Waals surface area contributed by atoms with Gasteiger partial charge in [-0.05, 0) is 31.0 Å². The molecule has 2 rings (SSSR count). The van der Waals surface area contributed by atoms with Crippen LogP contribution in [-0.2, 0) is 4.79 Å². The summed E-state index contributed by atoms with van der Waals surface area (Å²) in [6.45, 7) is 0.720. The lowest BCUT2D eigenvalue weighted by Gasteiger charge is -2.24. The van der Waals surface area contributed by atoms with E-state index in [-0.39, 0.29) is 11.9 Å². The highest BCUT2D eigenvalue weighted by molar-refractivity contribution is 6.30. The summed E-state index contributed by atoms with van der Waals surface area (Å²) in [5.41, 5.74) is 1.11. The van der Waals surface area contributed by atoms with Crippen LogP contribution in [0.25, 0.3) is 0 Å². The van der Waals surface area contributed by atoms with Crippen LogP contribution in [0.3, 0.4) is 0 Å². The van der Waals surface area contributed by atoms with Crippen LogP contribution in [0.5, 0.6) is 0 Å². The summed E-state index contributed by atoms with van der Waals surface area (Å²) >= 11 is 5.88. The minimum Gasteiger partial charge on any atom is -0.373 e. The molecule has 0 aliphatic carbocycles. The first-order valence-electron chi connectivity index (χ1n) is 5.44. The number of carbonyl (C=O) groups excluding carboxylic acids is 1. The van der Waals surface area contributed by atoms with Crippen LogP contribution in [0.4, 0.5) is 5.69 Å². The van der Waals surface area contributed by atoms with Gasteiger partial charge in [0.2, 0.25) is 5.91 Å². The number of anilines is 1. The third-order valence-corrected chi connectivity index (χ3v) is 2.95. The average Bonchev–Trinajstić information content (AvgIpc) is 2.32. The molecule has 1 aromatic rings. The van der Waals surface area contributed by atoms with E-state index in [0.717, 1.165) is 19.4 Å². The molecule has 5 heteroatoms. The highest BCUT2D eigenvalue weighted by Gasteiger charge is 2.22. The van der Waals surface area contributed by atoms with E-state index in [0.29, 0.717) is 16.3 Å². The summed E-state index contributed by atoms with van der Waals surface area (Å²) in [6, 6.07) is 6.76. The van der Waals surface area contributed by atoms with Gasteiger partial charge in [-0.25, -0.2) is 0 Å². The number of benzene rings is 1. The van der Waals surface area contributed by atoms with E-state index in [4.69, 9.17) is 16.9 Å². The van der Waals surface area contributed by atoms with Gasteiger partial charge in [0, 0.05) is 11.6 Å². The number of piperidine rings is 1. The predicted octanol–water partition coefficient (Wildman–Crippen LogP) is 1.90. The minimum absolute atomic E-state index is 0.0277. The van der Waals surface area contributed by atoms with Crippen LogP contribution in [0.15, 0.2) is 18.2 Å². The van der Waals surface area contributed by atoms with Gasteiger partial charge in [-0.1, -0.05) is 11.6 Å². The molecule has 17 heavy (non-hydrogen) atoms. The van der Waals surface area contributed by atoms with E-state index in [9.17, 15) is 4.79 Å². The fourth-order valence-electron chi connectivity index (χ4n) is 1.83. The lowest BCUT2D eigenvalue weighted by Crippen LogP contribution is -2.44. The Morgan fingerprint density at radius 2 is 2.35 bits per heavy atom. The first kappa shape index (κ1) is 11.7. The van der Waals surface area contributed by atoms with Crippen LogP contribution >= 0.6 is 11.6 Å². The van der Waals surface area contributed by atoms with E-state index < -0.39 is 0 Å². The Hall–Kier alpha value is -1.73. The fourth-order valence-corrected chi connectivity index (χ4v) is 2.00. The standard InChI is InChI=1S/C12H12ClN3O/c13-9-4-3-8(7-14)11(6-9)16-10-2-1-5-15-12(10)17/h3-4,6,10,16H,1-2,5H2,(H,15,17). The zero-order chi connectivity index (χ0) is 12.3. The number of hydrogen-bond acceptors (Lipinski definition) is 3. The van der Waals surface area contributed by atoms with Gasteiger partial charge in [0.15, 0.2) is 0 Å². The first-order chi connectivity index (χ1) is 8.20. The predicted molar refractivity (Wildman–Crippen MR) is 65.8 cm³/mol. The molecular formula is C12H12ClN3O. The zero-order valence-corrected chi connectivity index (χ0v) is 9.92. The Morgan fingerprint density at radius 3 is 3.06 bits per heavy atom. The molecule has 1 heterocycles. The Balaban J connectivity index is 2.20. The Morgan fingerprint density at radius 1 is 1.53 bits per heavy atom. The van der Waals surface area contributed by atoms with Crippen molar-refractivity contribution < 1.29 is 4.79 Å². The molecule has 0 saturated carbocycles. The molecule has 1 aromatic carbocycles. The Kier molecular flexibility index (Phi) is 3.50. The van der Waals surface area contributed by atoms with Crippen LogP contribution in [0, 0.1) is 11.3 Å². The highest BCUT2D eigenvalue weighted by atomic mass is 35.5. The molecule has 88 valence electrons. The van der Waals surface area contributed by atoms with Crippen molar-refractivity contribution in [1.29, 1.82) is 5.26 Å². The molecule has 0 aromatic heterocycles. The number of nitrogens with zero attached hydrogens (tertiary/aromatic N) is 1. The topological polar surface area (TPSA) is 64.9 Å². The summed E-state index contributed by atoms with van der Waals surface area (Å²) in [6.07, 6.45) is 1.70. The van der Waals surface area contributed by atoms with Crippen molar-refractivity contribution in [2.45, 2.75) is 18.9 Å². The molecule has 0 spiro atoms. The van der Waals surface area contributed by atoms with Crippen molar-refractivity contribution in [1.82, 2.24) is 5.32 Å². The summed E-state index contributed by atoms with van der Waals surface area (Å²) < 4.78 is 0. The van der Waals surface area contributed by atoms with Gasteiger partial charge >= 0.3 is 0 Å². The lowest BCUT2D eigenvalue weighted by atomic mass is 10.1. The SMILES string of the molecule is N#Cc1ccc(Cl)cc1NC1CCCNC1=O. The number of halogens is 1. The van der Waals surface area contributed by atoms with Crippen LogP contribution in [0.1, 0.15) is 18.4 Å². The van der Waals surface area contributed by atoms with Gasteiger partial charge in [-0.2, -0.15) is 5.26 Å². The van der Waals surface area contributed by atoms with Crippen molar-refractivity contribution in [3.05, 3.63) is 28.8 Å². The number of hydrogen-bond donors (Lipinski definition) is 2. The molecule has 0 bridgehead atoms. The minimum atomic E-state index is -0.283.